The van der Waals surface area contributed by atoms with Gasteiger partial charge in [-0.2, -0.15) is 0 Å². The van der Waals surface area contributed by atoms with Gasteiger partial charge in [-0.05, 0) is 38.3 Å². The molecule has 1 aliphatic heterocycles. The number of carbonyl (C=O) groups is 3. The summed E-state index contributed by atoms with van der Waals surface area (Å²) in [6.45, 7) is 3.65. The summed E-state index contributed by atoms with van der Waals surface area (Å²) >= 11 is 0. The van der Waals surface area contributed by atoms with E-state index in [1.54, 1.807) is 0 Å². The molecule has 7 heteroatoms. The number of nitrogens with one attached hydrogen (secondary N) is 1. The number of hydrogen-bond donors (Lipinski definition) is 1. The number of amides is 3. The fraction of sp³-hybridized carbons (Fsp3) is 0.435. The third-order valence-corrected chi connectivity index (χ3v) is 5.98. The van der Waals surface area contributed by atoms with Crippen LogP contribution in [0.4, 0.5) is 5.95 Å². The fourth-order valence-corrected chi connectivity index (χ4v) is 4.61. The van der Waals surface area contributed by atoms with Crippen LogP contribution in [0.2, 0.25) is 0 Å². The van der Waals surface area contributed by atoms with Crippen LogP contribution >= 0.6 is 0 Å². The Balaban J connectivity index is 1.64. The van der Waals surface area contributed by atoms with Crippen LogP contribution in [0.1, 0.15) is 42.6 Å². The average molecular weight is 406 g/mol. The van der Waals surface area contributed by atoms with Crippen molar-refractivity contribution in [2.24, 2.45) is 11.8 Å². The molecule has 3 unspecified atom stereocenters. The highest BCUT2D eigenvalue weighted by Gasteiger charge is 2.51. The van der Waals surface area contributed by atoms with Crippen molar-refractivity contribution in [2.75, 3.05) is 5.32 Å². The Kier molecular flexibility index (Phi) is 5.61. The van der Waals surface area contributed by atoms with Gasteiger partial charge >= 0.3 is 0 Å². The molecule has 0 bridgehead atoms. The van der Waals surface area contributed by atoms with Crippen molar-refractivity contribution in [3.63, 3.8) is 0 Å². The largest absolute Gasteiger partial charge is 0.293 e. The predicted octanol–water partition coefficient (Wildman–Crippen LogP) is 2.82. The first kappa shape index (κ1) is 20.2. The second-order valence-corrected chi connectivity index (χ2v) is 8.21. The number of fused-ring (bicyclic) bond motifs is 1. The lowest BCUT2D eigenvalue weighted by Crippen LogP contribution is -2.49. The summed E-state index contributed by atoms with van der Waals surface area (Å²) in [5.41, 5.74) is 2.35. The van der Waals surface area contributed by atoms with Crippen molar-refractivity contribution in [1.82, 2.24) is 14.9 Å². The quantitative estimate of drug-likeness (QED) is 0.771. The average Bonchev–Trinajstić information content (AvgIpc) is 2.97. The first-order valence-corrected chi connectivity index (χ1v) is 10.5. The van der Waals surface area contributed by atoms with Gasteiger partial charge in [0.2, 0.25) is 23.7 Å². The zero-order valence-corrected chi connectivity index (χ0v) is 17.3. The molecule has 1 saturated heterocycles. The van der Waals surface area contributed by atoms with Gasteiger partial charge in [0.15, 0.2) is 0 Å². The fourth-order valence-electron chi connectivity index (χ4n) is 4.61. The highest BCUT2D eigenvalue weighted by Crippen LogP contribution is 2.39. The van der Waals surface area contributed by atoms with E-state index in [9.17, 15) is 14.4 Å². The van der Waals surface area contributed by atoms with E-state index in [1.807, 2.05) is 50.2 Å². The van der Waals surface area contributed by atoms with Crippen molar-refractivity contribution >= 4 is 23.7 Å². The lowest BCUT2D eigenvalue weighted by Gasteiger charge is -2.26. The number of anilines is 1. The van der Waals surface area contributed by atoms with Crippen LogP contribution in [0.3, 0.4) is 0 Å². The molecule has 2 aromatic rings. The van der Waals surface area contributed by atoms with Gasteiger partial charge in [0.05, 0.1) is 11.8 Å². The minimum Gasteiger partial charge on any atom is -0.293 e. The molecular weight excluding hydrogens is 380 g/mol. The van der Waals surface area contributed by atoms with Gasteiger partial charge in [-0.3, -0.25) is 24.6 Å². The van der Waals surface area contributed by atoms with E-state index in [0.717, 1.165) is 29.8 Å². The molecule has 1 aromatic carbocycles. The molecular formula is C23H26N4O3. The normalized spacial score (nSPS) is 22.0. The number of hydrogen-bond acceptors (Lipinski definition) is 5. The van der Waals surface area contributed by atoms with Gasteiger partial charge in [-0.15, -0.1) is 0 Å². The predicted molar refractivity (Wildman–Crippen MR) is 111 cm³/mol. The van der Waals surface area contributed by atoms with Crippen LogP contribution in [0.25, 0.3) is 0 Å². The van der Waals surface area contributed by atoms with Crippen molar-refractivity contribution in [3.8, 4) is 0 Å². The smallest absolute Gasteiger partial charge is 0.250 e. The lowest BCUT2D eigenvalue weighted by atomic mass is 9.81. The highest BCUT2D eigenvalue weighted by molar-refractivity contribution is 6.09. The molecule has 7 nitrogen and oxygen atoms in total. The minimum atomic E-state index is -0.928. The number of rotatable bonds is 5. The maximum absolute atomic E-state index is 13.3. The van der Waals surface area contributed by atoms with Gasteiger partial charge in [0.1, 0.15) is 6.04 Å². The standard InChI is InChI=1S/C23H26N4O3/c1-14-12-15(2)25-23(24-14)26-20(28)19(13-16-8-4-3-5-9-16)27-21(29)17-10-6-7-11-18(17)22(27)30/h3-5,8-9,12,17-19H,6-7,10-11,13H2,1-2H3,(H,24,25,26,28). The Morgan fingerprint density at radius 3 is 2.17 bits per heavy atom. The summed E-state index contributed by atoms with van der Waals surface area (Å²) in [5.74, 6) is -1.29. The molecule has 1 saturated carbocycles. The summed E-state index contributed by atoms with van der Waals surface area (Å²) in [6.07, 6.45) is 3.57. The number of benzene rings is 1. The van der Waals surface area contributed by atoms with Crippen LogP contribution in [0.5, 0.6) is 0 Å². The summed E-state index contributed by atoms with van der Waals surface area (Å²) in [6, 6.07) is 10.3. The summed E-state index contributed by atoms with van der Waals surface area (Å²) in [5, 5.41) is 2.74. The number of aryl methyl sites for hydroxylation is 2. The van der Waals surface area contributed by atoms with Crippen molar-refractivity contribution in [3.05, 3.63) is 53.3 Å². The zero-order valence-electron chi connectivity index (χ0n) is 17.3. The maximum atomic E-state index is 13.3. The second kappa shape index (κ2) is 8.34. The monoisotopic (exact) mass is 406 g/mol. The first-order chi connectivity index (χ1) is 14.4. The molecule has 2 fully saturated rings. The van der Waals surface area contributed by atoms with E-state index in [-0.39, 0.29) is 36.0 Å². The van der Waals surface area contributed by atoms with Crippen LogP contribution in [-0.4, -0.2) is 38.6 Å². The van der Waals surface area contributed by atoms with Gasteiger partial charge < -0.3 is 0 Å². The van der Waals surface area contributed by atoms with Crippen molar-refractivity contribution < 1.29 is 14.4 Å². The van der Waals surface area contributed by atoms with E-state index in [4.69, 9.17) is 0 Å². The Morgan fingerprint density at radius 1 is 1.03 bits per heavy atom. The minimum absolute atomic E-state index is 0.187. The molecule has 0 radical (unpaired) electrons. The Labute approximate surface area is 175 Å². The third-order valence-electron chi connectivity index (χ3n) is 5.98. The SMILES string of the molecule is Cc1cc(C)nc(NC(=O)C(Cc2ccccc2)N2C(=O)C3CCCCC3C2=O)n1. The topological polar surface area (TPSA) is 92.3 Å². The molecule has 30 heavy (non-hydrogen) atoms. The summed E-state index contributed by atoms with van der Waals surface area (Å²) in [4.78, 5) is 49.3. The Morgan fingerprint density at radius 2 is 1.60 bits per heavy atom. The number of carbonyl (C=O) groups excluding carboxylic acids is 3. The van der Waals surface area contributed by atoms with E-state index in [0.29, 0.717) is 12.8 Å². The van der Waals surface area contributed by atoms with Crippen molar-refractivity contribution in [1.29, 1.82) is 0 Å². The Hall–Kier alpha value is -3.09. The zero-order chi connectivity index (χ0) is 21.3. The van der Waals surface area contributed by atoms with Gasteiger partial charge in [0.25, 0.3) is 0 Å². The first-order valence-electron chi connectivity index (χ1n) is 10.5. The van der Waals surface area contributed by atoms with E-state index in [2.05, 4.69) is 15.3 Å². The van der Waals surface area contributed by atoms with E-state index < -0.39 is 11.9 Å². The van der Waals surface area contributed by atoms with Gasteiger partial charge in [0, 0.05) is 17.8 Å². The van der Waals surface area contributed by atoms with Crippen LogP contribution in [0, 0.1) is 25.7 Å². The van der Waals surface area contributed by atoms with Crippen LogP contribution in [0.15, 0.2) is 36.4 Å². The van der Waals surface area contributed by atoms with Crippen molar-refractivity contribution in [2.45, 2.75) is 52.0 Å². The molecule has 2 heterocycles. The van der Waals surface area contributed by atoms with E-state index in [1.165, 1.54) is 4.90 Å². The molecule has 2 aliphatic rings. The third kappa shape index (κ3) is 3.97. The van der Waals surface area contributed by atoms with Gasteiger partial charge in [-0.25, -0.2) is 9.97 Å². The van der Waals surface area contributed by atoms with Crippen LogP contribution < -0.4 is 5.32 Å². The number of nitrogens with zero attached hydrogens (tertiary/aromatic N) is 3. The number of likely N-dealkylation sites (tertiary alicyclic amines) is 1. The highest BCUT2D eigenvalue weighted by atomic mass is 16.2. The molecule has 3 amide bonds. The molecule has 1 aliphatic carbocycles. The lowest BCUT2D eigenvalue weighted by molar-refractivity contribution is -0.146. The molecule has 4 rings (SSSR count). The molecule has 1 aromatic heterocycles. The maximum Gasteiger partial charge on any atom is 0.250 e. The second-order valence-electron chi connectivity index (χ2n) is 8.21. The number of imide groups is 1. The molecule has 1 N–H and O–H groups in total. The summed E-state index contributed by atoms with van der Waals surface area (Å²) < 4.78 is 0. The molecule has 156 valence electrons. The van der Waals surface area contributed by atoms with Crippen LogP contribution in [-0.2, 0) is 20.8 Å². The van der Waals surface area contributed by atoms with Gasteiger partial charge in [-0.1, -0.05) is 43.2 Å². The Bertz CT molecular complexity index is 931. The number of aromatic nitrogens is 2. The molecule has 3 atom stereocenters. The van der Waals surface area contributed by atoms with E-state index >= 15 is 0 Å². The summed E-state index contributed by atoms with van der Waals surface area (Å²) in [7, 11) is 0. The molecule has 0 spiro atoms.